The van der Waals surface area contributed by atoms with E-state index in [0.29, 0.717) is 12.3 Å². The molecule has 0 radical (unpaired) electrons. The third-order valence-corrected chi connectivity index (χ3v) is 3.46. The smallest absolute Gasteiger partial charge is 0.341 e. The Hall–Kier alpha value is -2.75. The monoisotopic (exact) mass is 311 g/mol. The fourth-order valence-electron chi connectivity index (χ4n) is 2.42. The quantitative estimate of drug-likeness (QED) is 0.783. The average molecular weight is 311 g/mol. The fourth-order valence-corrected chi connectivity index (χ4v) is 2.42. The lowest BCUT2D eigenvalue weighted by Crippen LogP contribution is -2.09. The molecule has 0 unspecified atom stereocenters. The number of carboxylic acid groups (broad SMARTS) is 1. The van der Waals surface area contributed by atoms with Crippen LogP contribution in [0, 0.1) is 6.92 Å². The summed E-state index contributed by atoms with van der Waals surface area (Å²) in [5, 5.41) is 9.69. The van der Waals surface area contributed by atoms with Crippen molar-refractivity contribution in [1.82, 2.24) is 4.57 Å². The van der Waals surface area contributed by atoms with Crippen molar-refractivity contribution in [2.75, 3.05) is 6.61 Å². The molecule has 0 aliphatic heterocycles. The summed E-state index contributed by atoms with van der Waals surface area (Å²) in [6, 6.07) is 7.66. The van der Waals surface area contributed by atoms with Crippen LogP contribution in [0.2, 0.25) is 0 Å². The van der Waals surface area contributed by atoms with Gasteiger partial charge in [0.1, 0.15) is 5.75 Å². The number of aliphatic carboxylic acids is 1. The summed E-state index contributed by atoms with van der Waals surface area (Å²) < 4.78 is 7.52. The average Bonchev–Trinajstić information content (AvgIpc) is 2.82. The number of nitrogens with zero attached hydrogens (tertiary/aromatic N) is 1. The topological polar surface area (TPSA) is 51.5 Å². The van der Waals surface area contributed by atoms with Crippen molar-refractivity contribution in [2.45, 2.75) is 20.4 Å². The molecule has 0 fully saturated rings. The van der Waals surface area contributed by atoms with Crippen LogP contribution in [0.15, 0.2) is 60.7 Å². The summed E-state index contributed by atoms with van der Waals surface area (Å²) >= 11 is 0. The molecule has 0 bridgehead atoms. The molecule has 1 heterocycles. The van der Waals surface area contributed by atoms with Gasteiger partial charge in [0.25, 0.3) is 0 Å². The molecule has 2 aromatic rings. The van der Waals surface area contributed by atoms with Crippen molar-refractivity contribution in [3.05, 3.63) is 66.4 Å². The molecule has 0 saturated carbocycles. The van der Waals surface area contributed by atoms with Gasteiger partial charge in [-0.2, -0.15) is 0 Å². The number of fused-ring (bicyclic) bond motifs is 1. The van der Waals surface area contributed by atoms with E-state index in [1.54, 1.807) is 6.07 Å². The van der Waals surface area contributed by atoms with E-state index in [4.69, 9.17) is 9.84 Å². The van der Waals surface area contributed by atoms with Crippen LogP contribution in [-0.4, -0.2) is 22.2 Å². The maximum atomic E-state index is 10.7. The zero-order valence-electron chi connectivity index (χ0n) is 13.5. The van der Waals surface area contributed by atoms with Gasteiger partial charge in [-0.05, 0) is 37.6 Å². The summed E-state index contributed by atoms with van der Waals surface area (Å²) in [6.07, 6.45) is 7.87. The highest BCUT2D eigenvalue weighted by atomic mass is 16.5. The van der Waals surface area contributed by atoms with E-state index in [0.717, 1.165) is 22.2 Å². The highest BCUT2D eigenvalue weighted by Crippen LogP contribution is 2.29. The van der Waals surface area contributed by atoms with Gasteiger partial charge in [-0.15, -0.1) is 0 Å². The van der Waals surface area contributed by atoms with Crippen molar-refractivity contribution >= 4 is 16.9 Å². The first kappa shape index (κ1) is 16.6. The van der Waals surface area contributed by atoms with Gasteiger partial charge in [0.2, 0.25) is 0 Å². The maximum absolute atomic E-state index is 10.7. The summed E-state index contributed by atoms with van der Waals surface area (Å²) in [5.41, 5.74) is 3.07. The van der Waals surface area contributed by atoms with Gasteiger partial charge < -0.3 is 14.4 Å². The van der Waals surface area contributed by atoms with Gasteiger partial charge in [-0.3, -0.25) is 0 Å². The summed E-state index contributed by atoms with van der Waals surface area (Å²) in [5.74, 6) is -0.400. The molecule has 0 atom stereocenters. The SMILES string of the molecule is C=C(/C=C\C=C/C)Cn1c(C)cc2c(OCC(=O)O)cccc21. The van der Waals surface area contributed by atoms with Crippen LogP contribution in [0.5, 0.6) is 5.75 Å². The second kappa shape index (κ2) is 7.49. The second-order valence-corrected chi connectivity index (χ2v) is 5.29. The third kappa shape index (κ3) is 4.13. The Kier molecular flexibility index (Phi) is 5.41. The Bertz CT molecular complexity index is 781. The molecule has 23 heavy (non-hydrogen) atoms. The Morgan fingerprint density at radius 3 is 2.87 bits per heavy atom. The number of aryl methyl sites for hydroxylation is 1. The number of hydrogen-bond donors (Lipinski definition) is 1. The van der Waals surface area contributed by atoms with Crippen LogP contribution in [-0.2, 0) is 11.3 Å². The number of aromatic nitrogens is 1. The molecule has 4 heteroatoms. The Morgan fingerprint density at radius 2 is 2.17 bits per heavy atom. The van der Waals surface area contributed by atoms with E-state index < -0.39 is 5.97 Å². The summed E-state index contributed by atoms with van der Waals surface area (Å²) in [6.45, 7) is 8.39. The first-order valence-corrected chi connectivity index (χ1v) is 7.43. The molecule has 4 nitrogen and oxygen atoms in total. The molecular formula is C19H21NO3. The van der Waals surface area contributed by atoms with Gasteiger partial charge in [0.15, 0.2) is 6.61 Å². The lowest BCUT2D eigenvalue weighted by Gasteiger charge is -2.09. The highest BCUT2D eigenvalue weighted by molar-refractivity contribution is 5.88. The summed E-state index contributed by atoms with van der Waals surface area (Å²) in [7, 11) is 0. The van der Waals surface area contributed by atoms with E-state index in [1.807, 2.05) is 56.4 Å². The van der Waals surface area contributed by atoms with Gasteiger partial charge in [0.05, 0.1) is 5.52 Å². The summed E-state index contributed by atoms with van der Waals surface area (Å²) in [4.78, 5) is 10.7. The lowest BCUT2D eigenvalue weighted by atomic mass is 10.2. The minimum Gasteiger partial charge on any atom is -0.481 e. The minimum absolute atomic E-state index is 0.345. The Balaban J connectivity index is 2.31. The molecule has 1 aromatic carbocycles. The number of rotatable bonds is 7. The predicted octanol–water partition coefficient (Wildman–Crippen LogP) is 4.10. The molecule has 0 aliphatic rings. The Labute approximate surface area is 136 Å². The fraction of sp³-hybridized carbons (Fsp3) is 0.211. The van der Waals surface area contributed by atoms with Gasteiger partial charge in [0, 0.05) is 17.6 Å². The molecule has 0 aliphatic carbocycles. The van der Waals surface area contributed by atoms with Crippen LogP contribution in [0.3, 0.4) is 0 Å². The van der Waals surface area contributed by atoms with Crippen LogP contribution in [0.1, 0.15) is 12.6 Å². The number of ether oxygens (including phenoxy) is 1. The number of carboxylic acids is 1. The van der Waals surface area contributed by atoms with Gasteiger partial charge in [-0.1, -0.05) is 36.9 Å². The molecule has 1 N–H and O–H groups in total. The molecule has 0 saturated heterocycles. The van der Waals surface area contributed by atoms with Crippen LogP contribution < -0.4 is 4.74 Å². The first-order valence-electron chi connectivity index (χ1n) is 7.43. The molecule has 1 aromatic heterocycles. The van der Waals surface area contributed by atoms with E-state index in [-0.39, 0.29) is 6.61 Å². The van der Waals surface area contributed by atoms with Gasteiger partial charge >= 0.3 is 5.97 Å². The van der Waals surface area contributed by atoms with Crippen LogP contribution in [0.25, 0.3) is 10.9 Å². The zero-order chi connectivity index (χ0) is 16.8. The normalized spacial score (nSPS) is 11.6. The van der Waals surface area contributed by atoms with Crippen molar-refractivity contribution in [3.8, 4) is 5.75 Å². The molecule has 120 valence electrons. The van der Waals surface area contributed by atoms with Crippen molar-refractivity contribution in [3.63, 3.8) is 0 Å². The van der Waals surface area contributed by atoms with Crippen molar-refractivity contribution in [1.29, 1.82) is 0 Å². The molecular weight excluding hydrogens is 290 g/mol. The Morgan fingerprint density at radius 1 is 1.39 bits per heavy atom. The van der Waals surface area contributed by atoms with E-state index in [2.05, 4.69) is 11.1 Å². The number of carbonyl (C=O) groups is 1. The maximum Gasteiger partial charge on any atom is 0.341 e. The van der Waals surface area contributed by atoms with E-state index >= 15 is 0 Å². The van der Waals surface area contributed by atoms with Gasteiger partial charge in [-0.25, -0.2) is 4.79 Å². The zero-order valence-corrected chi connectivity index (χ0v) is 13.5. The number of hydrogen-bond acceptors (Lipinski definition) is 2. The predicted molar refractivity (Wildman–Crippen MR) is 92.9 cm³/mol. The third-order valence-electron chi connectivity index (χ3n) is 3.46. The van der Waals surface area contributed by atoms with Crippen molar-refractivity contribution in [2.24, 2.45) is 0 Å². The van der Waals surface area contributed by atoms with E-state index in [1.165, 1.54) is 0 Å². The number of benzene rings is 1. The van der Waals surface area contributed by atoms with Crippen LogP contribution >= 0.6 is 0 Å². The van der Waals surface area contributed by atoms with Crippen molar-refractivity contribution < 1.29 is 14.6 Å². The first-order chi connectivity index (χ1) is 11.0. The standard InChI is InChI=1S/C19H21NO3/c1-4-5-6-8-14(2)12-20-15(3)11-16-17(20)9-7-10-18(16)23-13-19(21)22/h4-11H,2,12-13H2,1,3H3,(H,21,22)/b5-4-,8-6-. The molecule has 0 spiro atoms. The molecule has 0 amide bonds. The van der Waals surface area contributed by atoms with Crippen LogP contribution in [0.4, 0.5) is 0 Å². The molecule has 2 rings (SSSR count). The number of allylic oxidation sites excluding steroid dienone is 5. The highest BCUT2D eigenvalue weighted by Gasteiger charge is 2.11. The lowest BCUT2D eigenvalue weighted by molar-refractivity contribution is -0.139. The minimum atomic E-state index is -0.986. The largest absolute Gasteiger partial charge is 0.481 e. The second-order valence-electron chi connectivity index (χ2n) is 5.29. The van der Waals surface area contributed by atoms with E-state index in [9.17, 15) is 4.79 Å².